The molecule has 0 bridgehead atoms. The second-order valence-corrected chi connectivity index (χ2v) is 38.9. The van der Waals surface area contributed by atoms with Crippen LogP contribution in [-0.4, -0.2) is 153 Å². The zero-order valence-electron chi connectivity index (χ0n) is 80.9. The Balaban J connectivity index is 0.000000162. The molecule has 31 nitrogen and oxygen atoms in total. The molecule has 5 aliphatic carbocycles. The molecule has 8 aromatic heterocycles. The lowest BCUT2D eigenvalue weighted by molar-refractivity contribution is -0.155. The number of esters is 2. The lowest BCUT2D eigenvalue weighted by atomic mass is 9.86. The minimum absolute atomic E-state index is 0.0200. The minimum atomic E-state index is -1.06. The van der Waals surface area contributed by atoms with Gasteiger partial charge in [0.15, 0.2) is 34.6 Å². The SMILES string of the molecule is BrCc1ccn(C2CC2)n1.CCC(=O)c1ccc(Cl)cc1-c1cc(=O)n(C(Cc2ccn(C3CC3)n2)C(=O)CC(C)(C)C)cc1OC.CCC(=O)c1ccc(Cl)cc1-c1cc(=O)n(C(Cc2ccn(C3CC3)n2)C(=O)Cc2ccc(C(=O)O)cc2)cc1OC.CCC(=O)c1ccc(Cl)cc1-c1cc(=O)n(CC(=O)OC(C)(C)C)cc1OC.CCOC(=O)c1ccn(C2CC2)n1.OCc1ccn(C2CC2)n1. The Morgan fingerprint density at radius 2 is 0.814 bits per heavy atom. The van der Waals surface area contributed by atoms with E-state index in [1.165, 1.54) is 116 Å². The molecule has 35 heteroatoms. The standard InChI is InChI=1S/C32H30ClN3O6.C29H34ClN3O4.C21H24ClNO5.C9H12N2O2.C7H9BrN2.C7H10N2O/c1-3-28(37)24-11-8-21(33)15-25(24)26-17-31(39)35(18-30(26)42-2)27(16-22-12-13-36(34-22)23-9-10-23)29(38)14-19-4-6-20(7-5-19)32(40)41;1-6-25(34)21-10-7-18(30)13-22(21)23-15-28(36)32(17-27(23)37-5)24(26(35)16-29(2,3)4)14-19-11-12-33(31-19)20-8-9-20;1-6-17(24)14-8-7-13(22)9-15(14)16-10-19(25)23(11-18(16)27-5)12-20(26)28-21(2,3)4;1-2-13-9(12)8-5-6-11(10-8)7-3-4-7;8-5-6-3-4-10(9-6)7-1-2-7;10-5-6-3-4-9(8-6)7-1-2-7/h4-8,11-13,15,17-18,23,27H,3,9-10,14,16H2,1-2H3,(H,40,41);7,10-13,15,17,20,24H,6,8-9,14,16H2,1-5H3;7-11H,6,12H2,1-5H3;5-7H,2-4H2,1H3;3-4,7H,1-2,5H2;3-4,7,10H,1-2,5H2. The number of halogens is 4. The Bertz CT molecular complexity index is 6600. The number of carbonyl (C=O) groups is 8. The van der Waals surface area contributed by atoms with Gasteiger partial charge >= 0.3 is 17.9 Å². The number of benzene rings is 4. The van der Waals surface area contributed by atoms with E-state index in [0.29, 0.717) is 162 Å². The number of carbonyl (C=O) groups excluding carboxylic acids is 7. The summed E-state index contributed by atoms with van der Waals surface area (Å²) in [6.07, 6.45) is 27.6. The van der Waals surface area contributed by atoms with Crippen molar-refractivity contribution in [3.63, 3.8) is 0 Å². The van der Waals surface area contributed by atoms with E-state index in [9.17, 15) is 57.8 Å². The van der Waals surface area contributed by atoms with Crippen molar-refractivity contribution in [3.8, 4) is 50.6 Å². The fourth-order valence-corrected chi connectivity index (χ4v) is 16.3. The molecular weight excluding hydrogens is 1920 g/mol. The molecule has 2 N–H and O–H groups in total. The molecule has 5 fully saturated rings. The van der Waals surface area contributed by atoms with E-state index in [4.69, 9.17) is 63.6 Å². The molecule has 2 unspecified atom stereocenters. The molecule has 17 rings (SSSR count). The number of ether oxygens (including phenoxy) is 5. The van der Waals surface area contributed by atoms with Crippen molar-refractivity contribution in [2.75, 3.05) is 27.9 Å². The molecule has 0 aliphatic heterocycles. The maximum Gasteiger partial charge on any atom is 0.358 e. The number of nitrogens with zero attached hydrogens (tertiary/aromatic N) is 13. The summed E-state index contributed by atoms with van der Waals surface area (Å²) < 4.78 is 40.5. The van der Waals surface area contributed by atoms with Gasteiger partial charge in [-0.15, -0.1) is 0 Å². The first-order valence-electron chi connectivity index (χ1n) is 46.9. The second-order valence-electron chi connectivity index (χ2n) is 37.0. The second kappa shape index (κ2) is 47.9. The van der Waals surface area contributed by atoms with Gasteiger partial charge in [-0.05, 0) is 217 Å². The van der Waals surface area contributed by atoms with Crippen molar-refractivity contribution in [2.24, 2.45) is 5.41 Å². The van der Waals surface area contributed by atoms with Crippen LogP contribution in [0.15, 0.2) is 191 Å². The number of alkyl halides is 1. The van der Waals surface area contributed by atoms with Crippen molar-refractivity contribution in [1.29, 1.82) is 0 Å². The van der Waals surface area contributed by atoms with E-state index in [1.54, 1.807) is 127 Å². The summed E-state index contributed by atoms with van der Waals surface area (Å²) in [6, 6.07) is 35.3. The molecule has 4 aromatic carbocycles. The predicted molar refractivity (Wildman–Crippen MR) is 536 cm³/mol. The summed E-state index contributed by atoms with van der Waals surface area (Å²) >= 11 is 22.0. The number of aliphatic hydroxyl groups is 1. The van der Waals surface area contributed by atoms with Crippen LogP contribution in [0.5, 0.6) is 17.2 Å². The van der Waals surface area contributed by atoms with Gasteiger partial charge in [-0.1, -0.05) is 104 Å². The number of aliphatic hydroxyl groups excluding tert-OH is 1. The number of methoxy groups -OCH3 is 3. The van der Waals surface area contributed by atoms with Gasteiger partial charge in [0, 0.05) is 148 Å². The zero-order valence-corrected chi connectivity index (χ0v) is 84.7. The van der Waals surface area contributed by atoms with Crippen LogP contribution in [0.1, 0.15) is 282 Å². The number of carboxylic acids is 1. The van der Waals surface area contributed by atoms with E-state index in [1.807, 2.05) is 82.5 Å². The van der Waals surface area contributed by atoms with Gasteiger partial charge in [0.2, 0.25) is 0 Å². The van der Waals surface area contributed by atoms with E-state index >= 15 is 0 Å². The van der Waals surface area contributed by atoms with Crippen molar-refractivity contribution < 1.29 is 72.3 Å². The van der Waals surface area contributed by atoms with Gasteiger partial charge in [0.25, 0.3) is 16.7 Å². The molecule has 740 valence electrons. The van der Waals surface area contributed by atoms with Crippen LogP contribution in [0.3, 0.4) is 0 Å². The average molecular weight is 2040 g/mol. The van der Waals surface area contributed by atoms with Crippen molar-refractivity contribution in [2.45, 2.75) is 245 Å². The van der Waals surface area contributed by atoms with Gasteiger partial charge in [0.1, 0.15) is 41.5 Å². The maximum atomic E-state index is 13.8. The number of aromatic nitrogens is 13. The van der Waals surface area contributed by atoms with Gasteiger partial charge in [-0.3, -0.25) is 66.6 Å². The molecule has 140 heavy (non-hydrogen) atoms. The summed E-state index contributed by atoms with van der Waals surface area (Å²) in [5.74, 6) is -1.45. The van der Waals surface area contributed by atoms with E-state index in [2.05, 4.69) is 58.4 Å². The Labute approximate surface area is 835 Å². The quantitative estimate of drug-likeness (QED) is 0.0212. The molecule has 0 amide bonds. The van der Waals surface area contributed by atoms with E-state index in [-0.39, 0.29) is 83.8 Å². The first kappa shape index (κ1) is 106. The third kappa shape index (κ3) is 29.2. The third-order valence-corrected chi connectivity index (χ3v) is 24.7. The molecule has 2 atom stereocenters. The molecule has 0 radical (unpaired) electrons. The van der Waals surface area contributed by atoms with E-state index in [0.717, 1.165) is 48.1 Å². The summed E-state index contributed by atoms with van der Waals surface area (Å²) in [6.45, 7) is 18.6. The summed E-state index contributed by atoms with van der Waals surface area (Å²) in [5.41, 5.74) is 6.49. The number of ketones is 5. The van der Waals surface area contributed by atoms with E-state index < -0.39 is 40.7 Å². The molecule has 0 spiro atoms. The fourth-order valence-electron chi connectivity index (χ4n) is 15.5. The smallest absolute Gasteiger partial charge is 0.358 e. The van der Waals surface area contributed by atoms with Gasteiger partial charge < -0.3 is 47.6 Å². The van der Waals surface area contributed by atoms with Gasteiger partial charge in [0.05, 0.1) is 112 Å². The topological polar surface area (TPSA) is 378 Å². The number of rotatable bonds is 35. The number of carboxylic acid groups (broad SMARTS) is 1. The Morgan fingerprint density at radius 1 is 0.450 bits per heavy atom. The van der Waals surface area contributed by atoms with Crippen LogP contribution in [0.4, 0.5) is 0 Å². The number of hydrogen-bond donors (Lipinski definition) is 2. The normalized spacial score (nSPS) is 14.1. The number of pyridine rings is 3. The van der Waals surface area contributed by atoms with Gasteiger partial charge in [-0.25, -0.2) is 9.59 Å². The number of aromatic carboxylic acids is 1. The molecule has 12 aromatic rings. The Morgan fingerprint density at radius 3 is 1.16 bits per heavy atom. The van der Waals surface area contributed by atoms with Crippen LogP contribution in [0, 0.1) is 5.41 Å². The Hall–Kier alpha value is -12.8. The van der Waals surface area contributed by atoms with Crippen molar-refractivity contribution in [3.05, 3.63) is 279 Å². The molecular formula is C105H119BrCl3N13O18. The lowest BCUT2D eigenvalue weighted by Gasteiger charge is -2.24. The van der Waals surface area contributed by atoms with Crippen LogP contribution in [0.2, 0.25) is 15.1 Å². The highest BCUT2D eigenvalue weighted by molar-refractivity contribution is 9.08. The summed E-state index contributed by atoms with van der Waals surface area (Å²) in [7, 11) is 4.41. The number of Topliss-reactive ketones (excluding diaryl/α,β-unsaturated/α-hetero) is 5. The largest absolute Gasteiger partial charge is 0.495 e. The van der Waals surface area contributed by atoms with Crippen molar-refractivity contribution in [1.82, 2.24) is 62.6 Å². The molecule has 5 aliphatic rings. The number of hydrogen-bond acceptors (Lipinski definition) is 22. The lowest BCUT2D eigenvalue weighted by Crippen LogP contribution is -2.33. The van der Waals surface area contributed by atoms with Crippen molar-refractivity contribution >= 4 is 97.6 Å². The van der Waals surface area contributed by atoms with Crippen LogP contribution in [0.25, 0.3) is 33.4 Å². The fraction of sp³-hybridized carbons (Fsp3) is 0.410. The molecule has 8 heterocycles. The highest BCUT2D eigenvalue weighted by atomic mass is 79.9. The van der Waals surface area contributed by atoms with Crippen LogP contribution < -0.4 is 30.9 Å². The van der Waals surface area contributed by atoms with Gasteiger partial charge in [-0.2, -0.15) is 25.5 Å². The summed E-state index contributed by atoms with van der Waals surface area (Å²) in [4.78, 5) is 139. The monoisotopic (exact) mass is 2030 g/mol. The Kier molecular flexibility index (Phi) is 36.3. The highest BCUT2D eigenvalue weighted by Gasteiger charge is 2.35. The average Bonchev–Trinajstić information content (AvgIpc) is 1.20. The molecule has 5 saturated carbocycles. The minimum Gasteiger partial charge on any atom is -0.495 e. The van der Waals surface area contributed by atoms with Crippen LogP contribution >= 0.6 is 50.7 Å². The molecule has 0 saturated heterocycles. The van der Waals surface area contributed by atoms with Crippen LogP contribution in [-0.2, 0) is 61.6 Å². The highest BCUT2D eigenvalue weighted by Crippen LogP contribution is 2.42. The maximum absolute atomic E-state index is 13.8. The summed E-state index contributed by atoms with van der Waals surface area (Å²) in [5, 5.41) is 42.0. The first-order valence-corrected chi connectivity index (χ1v) is 49.1. The predicted octanol–water partition coefficient (Wildman–Crippen LogP) is 20.0. The third-order valence-electron chi connectivity index (χ3n) is 23.4. The zero-order chi connectivity index (χ0) is 101. The first-order chi connectivity index (χ1) is 66.8.